The Morgan fingerprint density at radius 1 is 1.35 bits per heavy atom. The summed E-state index contributed by atoms with van der Waals surface area (Å²) in [6.45, 7) is 7.50. The first-order valence-electron chi connectivity index (χ1n) is 6.34. The van der Waals surface area contributed by atoms with Crippen LogP contribution in [-0.2, 0) is 0 Å². The molecule has 0 radical (unpaired) electrons. The molecule has 1 atom stereocenters. The van der Waals surface area contributed by atoms with Gasteiger partial charge in [0.15, 0.2) is 11.6 Å². The van der Waals surface area contributed by atoms with Crippen LogP contribution in [0.15, 0.2) is 18.2 Å². The number of benzene rings is 1. The number of hydrogen-bond donors (Lipinski definition) is 1. The normalized spacial score (nSPS) is 12.5. The van der Waals surface area contributed by atoms with E-state index in [1.165, 1.54) is 0 Å². The second-order valence-electron chi connectivity index (χ2n) is 4.15. The first kappa shape index (κ1) is 14.0. The lowest BCUT2D eigenvalue weighted by Gasteiger charge is -2.15. The van der Waals surface area contributed by atoms with Crippen LogP contribution in [0.5, 0.6) is 5.75 Å². The van der Waals surface area contributed by atoms with Gasteiger partial charge in [-0.3, -0.25) is 0 Å². The van der Waals surface area contributed by atoms with E-state index in [0.29, 0.717) is 12.4 Å². The molecule has 2 nitrogen and oxygen atoms in total. The monoisotopic (exact) mass is 239 g/mol. The molecule has 0 aromatic heterocycles. The molecular formula is C14H22FNO. The van der Waals surface area contributed by atoms with Gasteiger partial charge in [-0.15, -0.1) is 0 Å². The Labute approximate surface area is 103 Å². The Hall–Kier alpha value is -1.09. The quantitative estimate of drug-likeness (QED) is 0.733. The van der Waals surface area contributed by atoms with Gasteiger partial charge in [-0.05, 0) is 44.5 Å². The highest BCUT2D eigenvalue weighted by molar-refractivity contribution is 5.30. The molecule has 1 rings (SSSR count). The van der Waals surface area contributed by atoms with Crippen molar-refractivity contribution in [2.24, 2.45) is 0 Å². The molecule has 17 heavy (non-hydrogen) atoms. The van der Waals surface area contributed by atoms with Gasteiger partial charge in [0.2, 0.25) is 0 Å². The lowest BCUT2D eigenvalue weighted by Crippen LogP contribution is -2.19. The van der Waals surface area contributed by atoms with Crippen LogP contribution in [0.3, 0.4) is 0 Å². The summed E-state index contributed by atoms with van der Waals surface area (Å²) in [6, 6.07) is 5.34. The lowest BCUT2D eigenvalue weighted by molar-refractivity contribution is 0.321. The highest BCUT2D eigenvalue weighted by Crippen LogP contribution is 2.22. The number of rotatable bonds is 7. The molecule has 0 spiro atoms. The Bertz CT molecular complexity index is 341. The fourth-order valence-corrected chi connectivity index (χ4v) is 1.67. The topological polar surface area (TPSA) is 21.3 Å². The molecule has 3 heteroatoms. The molecule has 0 aliphatic carbocycles. The van der Waals surface area contributed by atoms with Gasteiger partial charge in [-0.2, -0.15) is 0 Å². The maximum atomic E-state index is 13.6. The van der Waals surface area contributed by atoms with E-state index in [9.17, 15) is 4.39 Å². The summed E-state index contributed by atoms with van der Waals surface area (Å²) in [5.41, 5.74) is 0.960. The summed E-state index contributed by atoms with van der Waals surface area (Å²) in [4.78, 5) is 0. The van der Waals surface area contributed by atoms with Crippen molar-refractivity contribution in [2.45, 2.75) is 39.7 Å². The summed E-state index contributed by atoms with van der Waals surface area (Å²) in [7, 11) is 0. The average Bonchev–Trinajstić information content (AvgIpc) is 2.32. The van der Waals surface area contributed by atoms with Crippen molar-refractivity contribution in [1.29, 1.82) is 0 Å². The second-order valence-corrected chi connectivity index (χ2v) is 4.15. The van der Waals surface area contributed by atoms with Crippen LogP contribution in [0.4, 0.5) is 4.39 Å². The van der Waals surface area contributed by atoms with Crippen molar-refractivity contribution in [2.75, 3.05) is 13.2 Å². The average molecular weight is 239 g/mol. The van der Waals surface area contributed by atoms with Gasteiger partial charge < -0.3 is 10.1 Å². The summed E-state index contributed by atoms with van der Waals surface area (Å²) < 4.78 is 18.8. The van der Waals surface area contributed by atoms with Crippen LogP contribution in [-0.4, -0.2) is 13.2 Å². The molecule has 0 aliphatic rings. The first-order valence-corrected chi connectivity index (χ1v) is 6.34. The van der Waals surface area contributed by atoms with Crippen LogP contribution in [0.1, 0.15) is 45.2 Å². The predicted molar refractivity (Wildman–Crippen MR) is 68.9 cm³/mol. The Morgan fingerprint density at radius 2 is 2.12 bits per heavy atom. The van der Waals surface area contributed by atoms with Crippen molar-refractivity contribution >= 4 is 0 Å². The zero-order valence-electron chi connectivity index (χ0n) is 10.9. The van der Waals surface area contributed by atoms with Gasteiger partial charge in [0.25, 0.3) is 0 Å². The van der Waals surface area contributed by atoms with Crippen LogP contribution in [0, 0.1) is 5.82 Å². The first-order chi connectivity index (χ1) is 8.19. The molecule has 0 unspecified atom stereocenters. The summed E-state index contributed by atoms with van der Waals surface area (Å²) >= 11 is 0. The second kappa shape index (κ2) is 7.28. The van der Waals surface area contributed by atoms with Gasteiger partial charge in [0.1, 0.15) is 0 Å². The van der Waals surface area contributed by atoms with E-state index in [1.807, 2.05) is 19.9 Å². The Morgan fingerprint density at radius 3 is 2.71 bits per heavy atom. The van der Waals surface area contributed by atoms with Gasteiger partial charge in [-0.1, -0.05) is 19.4 Å². The minimum absolute atomic E-state index is 0.173. The zero-order chi connectivity index (χ0) is 12.7. The number of halogens is 1. The fourth-order valence-electron chi connectivity index (χ4n) is 1.67. The molecule has 0 saturated carbocycles. The molecule has 0 amide bonds. The van der Waals surface area contributed by atoms with Crippen LogP contribution >= 0.6 is 0 Å². The van der Waals surface area contributed by atoms with Crippen LogP contribution < -0.4 is 10.1 Å². The van der Waals surface area contributed by atoms with Crippen molar-refractivity contribution in [3.63, 3.8) is 0 Å². The molecule has 96 valence electrons. The van der Waals surface area contributed by atoms with E-state index < -0.39 is 0 Å². The molecule has 0 fully saturated rings. The van der Waals surface area contributed by atoms with Crippen molar-refractivity contribution in [3.05, 3.63) is 29.6 Å². The molecule has 0 aliphatic heterocycles. The summed E-state index contributed by atoms with van der Waals surface area (Å²) in [5.74, 6) is 0.0468. The van der Waals surface area contributed by atoms with Crippen molar-refractivity contribution < 1.29 is 9.13 Å². The maximum Gasteiger partial charge on any atom is 0.165 e. The third-order valence-corrected chi connectivity index (χ3v) is 2.74. The van der Waals surface area contributed by atoms with Gasteiger partial charge in [0.05, 0.1) is 6.61 Å². The van der Waals surface area contributed by atoms with E-state index in [4.69, 9.17) is 4.74 Å². The molecule has 1 N–H and O–H groups in total. The zero-order valence-corrected chi connectivity index (χ0v) is 10.9. The summed E-state index contributed by atoms with van der Waals surface area (Å²) in [5, 5.41) is 3.37. The largest absolute Gasteiger partial charge is 0.491 e. The van der Waals surface area contributed by atoms with Crippen molar-refractivity contribution in [3.8, 4) is 5.75 Å². The summed E-state index contributed by atoms with van der Waals surface area (Å²) in [6.07, 6.45) is 2.31. The minimum atomic E-state index is -0.284. The van der Waals surface area contributed by atoms with Gasteiger partial charge >= 0.3 is 0 Å². The number of ether oxygens (including phenoxy) is 1. The number of nitrogens with one attached hydrogen (secondary N) is 1. The third-order valence-electron chi connectivity index (χ3n) is 2.74. The van der Waals surface area contributed by atoms with Crippen LogP contribution in [0.2, 0.25) is 0 Å². The third kappa shape index (κ3) is 4.35. The van der Waals surface area contributed by atoms with Crippen molar-refractivity contribution in [1.82, 2.24) is 5.32 Å². The standard InChI is InChI=1S/C14H22FNO/c1-4-6-9-16-11(3)12-7-8-14(17-5-2)13(15)10-12/h7-8,10-11,16H,4-6,9H2,1-3H3/t11-/m0/s1. The molecule has 0 bridgehead atoms. The molecule has 0 heterocycles. The number of hydrogen-bond acceptors (Lipinski definition) is 2. The maximum absolute atomic E-state index is 13.6. The molecule has 1 aromatic rings. The number of unbranched alkanes of at least 4 members (excludes halogenated alkanes) is 1. The van der Waals surface area contributed by atoms with E-state index >= 15 is 0 Å². The fraction of sp³-hybridized carbons (Fsp3) is 0.571. The van der Waals surface area contributed by atoms with E-state index in [2.05, 4.69) is 12.2 Å². The SMILES string of the molecule is CCCCN[C@@H](C)c1ccc(OCC)c(F)c1. The Kier molecular flexibility index (Phi) is 5.98. The van der Waals surface area contributed by atoms with Gasteiger partial charge in [0, 0.05) is 6.04 Å². The molecular weight excluding hydrogens is 217 g/mol. The van der Waals surface area contributed by atoms with E-state index in [-0.39, 0.29) is 11.9 Å². The van der Waals surface area contributed by atoms with Gasteiger partial charge in [-0.25, -0.2) is 4.39 Å². The Balaban J connectivity index is 2.62. The highest BCUT2D eigenvalue weighted by Gasteiger charge is 2.09. The van der Waals surface area contributed by atoms with Crippen LogP contribution in [0.25, 0.3) is 0 Å². The smallest absolute Gasteiger partial charge is 0.165 e. The lowest BCUT2D eigenvalue weighted by atomic mass is 10.1. The molecule has 1 aromatic carbocycles. The minimum Gasteiger partial charge on any atom is -0.491 e. The highest BCUT2D eigenvalue weighted by atomic mass is 19.1. The van der Waals surface area contributed by atoms with E-state index in [0.717, 1.165) is 24.9 Å². The predicted octanol–water partition coefficient (Wildman–Crippen LogP) is 3.68. The van der Waals surface area contributed by atoms with E-state index in [1.54, 1.807) is 12.1 Å². The molecule has 0 saturated heterocycles.